The second-order valence-electron chi connectivity index (χ2n) is 3.75. The molecule has 14 heavy (non-hydrogen) atoms. The lowest BCUT2D eigenvalue weighted by atomic mass is 10.1. The van der Waals surface area contributed by atoms with Crippen LogP contribution in [-0.2, 0) is 7.05 Å². The van der Waals surface area contributed by atoms with Gasteiger partial charge in [0.05, 0.1) is 5.52 Å². The molecule has 1 N–H and O–H groups in total. The van der Waals surface area contributed by atoms with Gasteiger partial charge in [-0.3, -0.25) is 9.55 Å². The lowest BCUT2D eigenvalue weighted by Gasteiger charge is -2.03. The summed E-state index contributed by atoms with van der Waals surface area (Å²) in [7, 11) is 1.73. The van der Waals surface area contributed by atoms with Crippen molar-refractivity contribution in [3.63, 3.8) is 0 Å². The Morgan fingerprint density at radius 1 is 1.43 bits per heavy atom. The molecule has 0 spiro atoms. The van der Waals surface area contributed by atoms with Crippen molar-refractivity contribution < 1.29 is 0 Å². The van der Waals surface area contributed by atoms with E-state index in [0.29, 0.717) is 11.6 Å². The molecular formula is C10H13N3O. The highest BCUT2D eigenvalue weighted by Crippen LogP contribution is 2.14. The van der Waals surface area contributed by atoms with Crippen LogP contribution in [0.15, 0.2) is 16.9 Å². The van der Waals surface area contributed by atoms with E-state index >= 15 is 0 Å². The molecule has 74 valence electrons. The van der Waals surface area contributed by atoms with Gasteiger partial charge in [-0.25, -0.2) is 9.78 Å². The number of aromatic nitrogens is 3. The first-order valence-electron chi connectivity index (χ1n) is 4.65. The van der Waals surface area contributed by atoms with E-state index in [1.54, 1.807) is 11.6 Å². The number of hydrogen-bond acceptors (Lipinski definition) is 2. The van der Waals surface area contributed by atoms with E-state index in [2.05, 4.69) is 23.8 Å². The number of nitrogens with one attached hydrogen (secondary N) is 1. The fourth-order valence-electron chi connectivity index (χ4n) is 1.45. The monoisotopic (exact) mass is 191 g/mol. The van der Waals surface area contributed by atoms with Crippen LogP contribution in [0.4, 0.5) is 0 Å². The zero-order valence-electron chi connectivity index (χ0n) is 8.53. The van der Waals surface area contributed by atoms with Crippen LogP contribution in [0.1, 0.15) is 25.5 Å². The number of H-pyrrole nitrogens is 1. The number of imidazole rings is 1. The normalized spacial score (nSPS) is 11.4. The summed E-state index contributed by atoms with van der Waals surface area (Å²) >= 11 is 0. The highest BCUT2D eigenvalue weighted by Gasteiger charge is 2.06. The Labute approximate surface area is 81.6 Å². The van der Waals surface area contributed by atoms with E-state index in [9.17, 15) is 4.79 Å². The average molecular weight is 191 g/mol. The summed E-state index contributed by atoms with van der Waals surface area (Å²) in [6.07, 6.45) is 0. The summed E-state index contributed by atoms with van der Waals surface area (Å²) in [5.41, 5.74) is 2.40. The van der Waals surface area contributed by atoms with Gasteiger partial charge >= 0.3 is 5.69 Å². The van der Waals surface area contributed by atoms with Crippen LogP contribution in [0.3, 0.4) is 0 Å². The van der Waals surface area contributed by atoms with E-state index in [4.69, 9.17) is 0 Å². The van der Waals surface area contributed by atoms with Crippen LogP contribution in [0.5, 0.6) is 0 Å². The summed E-state index contributed by atoms with van der Waals surface area (Å²) in [5.74, 6) is 0.378. The van der Waals surface area contributed by atoms with E-state index in [1.807, 2.05) is 12.1 Å². The lowest BCUT2D eigenvalue weighted by Crippen LogP contribution is -2.11. The minimum atomic E-state index is -0.117. The van der Waals surface area contributed by atoms with Gasteiger partial charge in [0, 0.05) is 12.7 Å². The number of nitrogens with zero attached hydrogens (tertiary/aromatic N) is 2. The van der Waals surface area contributed by atoms with Gasteiger partial charge in [0.1, 0.15) is 0 Å². The second kappa shape index (κ2) is 2.97. The van der Waals surface area contributed by atoms with Crippen LogP contribution in [0.2, 0.25) is 0 Å². The summed E-state index contributed by atoms with van der Waals surface area (Å²) in [6.45, 7) is 4.16. The third-order valence-electron chi connectivity index (χ3n) is 2.38. The molecule has 0 aliphatic rings. The van der Waals surface area contributed by atoms with Crippen LogP contribution in [0.25, 0.3) is 11.2 Å². The first kappa shape index (κ1) is 8.99. The third kappa shape index (κ3) is 1.23. The van der Waals surface area contributed by atoms with Gasteiger partial charge in [0.2, 0.25) is 0 Å². The molecule has 0 radical (unpaired) electrons. The van der Waals surface area contributed by atoms with Gasteiger partial charge in [-0.15, -0.1) is 0 Å². The maximum Gasteiger partial charge on any atom is 0.327 e. The van der Waals surface area contributed by atoms with Gasteiger partial charge in [-0.1, -0.05) is 13.8 Å². The molecule has 4 nitrogen and oxygen atoms in total. The molecule has 0 amide bonds. The van der Waals surface area contributed by atoms with Crippen LogP contribution in [0, 0.1) is 0 Å². The maximum absolute atomic E-state index is 11.3. The first-order chi connectivity index (χ1) is 6.59. The molecule has 4 heteroatoms. The maximum atomic E-state index is 11.3. The summed E-state index contributed by atoms with van der Waals surface area (Å²) in [5, 5.41) is 0. The first-order valence-corrected chi connectivity index (χ1v) is 4.65. The molecule has 0 unspecified atom stereocenters. The van der Waals surface area contributed by atoms with Crippen molar-refractivity contribution in [1.29, 1.82) is 0 Å². The molecule has 2 aromatic heterocycles. The average Bonchev–Trinajstić information content (AvgIpc) is 2.42. The minimum absolute atomic E-state index is 0.117. The highest BCUT2D eigenvalue weighted by molar-refractivity contribution is 5.70. The van der Waals surface area contributed by atoms with E-state index < -0.39 is 0 Å². The topological polar surface area (TPSA) is 50.7 Å². The summed E-state index contributed by atoms with van der Waals surface area (Å²) in [6, 6.07) is 3.88. The Balaban J connectivity index is 2.73. The largest absolute Gasteiger partial charge is 0.327 e. The lowest BCUT2D eigenvalue weighted by molar-refractivity contribution is 0.828. The summed E-state index contributed by atoms with van der Waals surface area (Å²) < 4.78 is 1.56. The zero-order valence-corrected chi connectivity index (χ0v) is 8.53. The fraction of sp³-hybridized carbons (Fsp3) is 0.400. The number of rotatable bonds is 1. The number of pyridine rings is 1. The molecule has 2 aromatic rings. The Kier molecular flexibility index (Phi) is 1.91. The number of aromatic amines is 1. The highest BCUT2D eigenvalue weighted by atomic mass is 16.1. The molecule has 0 aliphatic carbocycles. The second-order valence-corrected chi connectivity index (χ2v) is 3.75. The van der Waals surface area contributed by atoms with E-state index in [0.717, 1.165) is 11.2 Å². The molecule has 2 heterocycles. The molecule has 0 aliphatic heterocycles. The van der Waals surface area contributed by atoms with Crippen LogP contribution in [-0.4, -0.2) is 14.5 Å². The standard InChI is InChI=1S/C10H13N3O/c1-6(2)7-4-5-8-9(11-7)12-10(14)13(8)3/h4-6H,1-3H3,(H,11,12,14). The van der Waals surface area contributed by atoms with Crippen molar-refractivity contribution in [3.8, 4) is 0 Å². The number of aryl methyl sites for hydroxylation is 1. The predicted octanol–water partition coefficient (Wildman–Crippen LogP) is 1.39. The third-order valence-corrected chi connectivity index (χ3v) is 2.38. The molecule has 0 fully saturated rings. The van der Waals surface area contributed by atoms with Crippen molar-refractivity contribution >= 4 is 11.2 Å². The van der Waals surface area contributed by atoms with Crippen LogP contribution < -0.4 is 5.69 Å². The van der Waals surface area contributed by atoms with Crippen molar-refractivity contribution in [2.45, 2.75) is 19.8 Å². The molecule has 0 aromatic carbocycles. The number of fused-ring (bicyclic) bond motifs is 1. The fourth-order valence-corrected chi connectivity index (χ4v) is 1.45. The molecule has 0 saturated heterocycles. The van der Waals surface area contributed by atoms with Gasteiger partial charge in [-0.05, 0) is 18.1 Å². The van der Waals surface area contributed by atoms with E-state index in [-0.39, 0.29) is 5.69 Å². The summed E-state index contributed by atoms with van der Waals surface area (Å²) in [4.78, 5) is 18.4. The van der Waals surface area contributed by atoms with Gasteiger partial charge < -0.3 is 0 Å². The molecular weight excluding hydrogens is 178 g/mol. The Bertz CT molecular complexity index is 522. The zero-order chi connectivity index (χ0) is 10.3. The van der Waals surface area contributed by atoms with Gasteiger partial charge in [0.25, 0.3) is 0 Å². The van der Waals surface area contributed by atoms with Crippen molar-refractivity contribution in [2.24, 2.45) is 7.05 Å². The Morgan fingerprint density at radius 2 is 2.14 bits per heavy atom. The molecule has 2 rings (SSSR count). The smallest absolute Gasteiger partial charge is 0.294 e. The van der Waals surface area contributed by atoms with Crippen molar-refractivity contribution in [3.05, 3.63) is 28.3 Å². The molecule has 0 saturated carbocycles. The molecule has 0 atom stereocenters. The van der Waals surface area contributed by atoms with Crippen molar-refractivity contribution in [2.75, 3.05) is 0 Å². The quantitative estimate of drug-likeness (QED) is 0.740. The predicted molar refractivity (Wildman–Crippen MR) is 55.4 cm³/mol. The van der Waals surface area contributed by atoms with Gasteiger partial charge in [-0.2, -0.15) is 0 Å². The SMILES string of the molecule is CC(C)c1ccc2c(n1)[nH]c(=O)n2C. The van der Waals surface area contributed by atoms with Gasteiger partial charge in [0.15, 0.2) is 5.65 Å². The minimum Gasteiger partial charge on any atom is -0.294 e. The number of hydrogen-bond donors (Lipinski definition) is 1. The van der Waals surface area contributed by atoms with E-state index in [1.165, 1.54) is 0 Å². The Morgan fingerprint density at radius 3 is 2.79 bits per heavy atom. The molecule has 0 bridgehead atoms. The van der Waals surface area contributed by atoms with Crippen LogP contribution >= 0.6 is 0 Å². The Hall–Kier alpha value is -1.58. The van der Waals surface area contributed by atoms with Crippen molar-refractivity contribution in [1.82, 2.24) is 14.5 Å².